The van der Waals surface area contributed by atoms with E-state index in [0.29, 0.717) is 22.7 Å². The quantitative estimate of drug-likeness (QED) is 0.561. The third-order valence-corrected chi connectivity index (χ3v) is 4.89. The summed E-state index contributed by atoms with van der Waals surface area (Å²) in [5.74, 6) is 1.36. The van der Waals surface area contributed by atoms with E-state index in [1.807, 2.05) is 0 Å². The van der Waals surface area contributed by atoms with Gasteiger partial charge in [-0.15, -0.1) is 0 Å². The van der Waals surface area contributed by atoms with E-state index in [9.17, 15) is 4.79 Å². The van der Waals surface area contributed by atoms with Gasteiger partial charge in [-0.3, -0.25) is 0 Å². The Hall–Kier alpha value is -0.730. The highest BCUT2D eigenvalue weighted by molar-refractivity contribution is 5.76. The van der Waals surface area contributed by atoms with Crippen LogP contribution in [0.5, 0.6) is 0 Å². The van der Waals surface area contributed by atoms with Gasteiger partial charge in [-0.1, -0.05) is 55.4 Å². The lowest BCUT2D eigenvalue weighted by molar-refractivity contribution is 0.183. The van der Waals surface area contributed by atoms with E-state index >= 15 is 0 Å². The highest BCUT2D eigenvalue weighted by atomic mass is 16.2. The average Bonchev–Trinajstić information content (AvgIpc) is 2.71. The van der Waals surface area contributed by atoms with Crippen molar-refractivity contribution in [3.05, 3.63) is 0 Å². The molecule has 0 N–H and O–H groups in total. The molecule has 0 aromatic rings. The van der Waals surface area contributed by atoms with Crippen LogP contribution < -0.4 is 0 Å². The summed E-state index contributed by atoms with van der Waals surface area (Å²) in [7, 11) is 0. The molecule has 1 saturated heterocycles. The van der Waals surface area contributed by atoms with Crippen molar-refractivity contribution in [2.75, 3.05) is 26.2 Å². The molecule has 3 nitrogen and oxygen atoms in total. The molecule has 0 radical (unpaired) electrons. The van der Waals surface area contributed by atoms with Crippen molar-refractivity contribution in [2.45, 2.75) is 81.1 Å². The maximum atomic E-state index is 12.6. The second-order valence-electron chi connectivity index (χ2n) is 10.6. The Morgan fingerprint density at radius 2 is 1.12 bits per heavy atom. The number of urea groups is 1. The predicted octanol–water partition coefficient (Wildman–Crippen LogP) is 5.65. The van der Waals surface area contributed by atoms with Gasteiger partial charge in [-0.05, 0) is 48.3 Å². The third-order valence-electron chi connectivity index (χ3n) is 4.89. The Morgan fingerprint density at radius 3 is 1.42 bits per heavy atom. The minimum Gasteiger partial charge on any atom is -0.323 e. The average molecular weight is 339 g/mol. The molecule has 0 spiro atoms. The van der Waals surface area contributed by atoms with Gasteiger partial charge in [0.1, 0.15) is 0 Å². The Bertz CT molecular complexity index is 356. The molecule has 1 rings (SSSR count). The number of carbonyl (C=O) groups excluding carboxylic acids is 1. The van der Waals surface area contributed by atoms with E-state index in [4.69, 9.17) is 0 Å². The fourth-order valence-electron chi connectivity index (χ4n) is 4.09. The summed E-state index contributed by atoms with van der Waals surface area (Å²) in [5.41, 5.74) is 0.757. The number of carbonyl (C=O) groups is 1. The van der Waals surface area contributed by atoms with E-state index < -0.39 is 0 Å². The van der Waals surface area contributed by atoms with Crippen LogP contribution in [0.15, 0.2) is 0 Å². The monoisotopic (exact) mass is 338 g/mol. The van der Waals surface area contributed by atoms with Gasteiger partial charge < -0.3 is 9.80 Å². The Labute approximate surface area is 151 Å². The maximum Gasteiger partial charge on any atom is 0.320 e. The molecule has 1 fully saturated rings. The first-order valence-corrected chi connectivity index (χ1v) is 9.91. The van der Waals surface area contributed by atoms with Crippen molar-refractivity contribution < 1.29 is 4.79 Å². The molecular formula is C21H42N2O. The third kappa shape index (κ3) is 8.39. The van der Waals surface area contributed by atoms with Crippen LogP contribution in [0.1, 0.15) is 81.1 Å². The van der Waals surface area contributed by atoms with Crippen molar-refractivity contribution in [1.29, 1.82) is 0 Å². The standard InChI is InChI=1S/C21H42N2O/c1-17(15-20(3,4)5)9-11-22-13-14-23(19(22)24)12-10-18(2)16-21(6,7)8/h17-18H,9-16H2,1-8H3. The van der Waals surface area contributed by atoms with Crippen LogP contribution in [0.25, 0.3) is 0 Å². The predicted molar refractivity (Wildman–Crippen MR) is 104 cm³/mol. The summed E-state index contributed by atoms with van der Waals surface area (Å²) in [5, 5.41) is 0. The lowest BCUT2D eigenvalue weighted by Crippen LogP contribution is -2.34. The summed E-state index contributed by atoms with van der Waals surface area (Å²) >= 11 is 0. The zero-order valence-corrected chi connectivity index (χ0v) is 17.6. The minimum absolute atomic E-state index is 0.265. The van der Waals surface area contributed by atoms with Gasteiger partial charge in [-0.2, -0.15) is 0 Å². The summed E-state index contributed by atoms with van der Waals surface area (Å²) in [6, 6.07) is 0.265. The van der Waals surface area contributed by atoms with Gasteiger partial charge in [0, 0.05) is 26.2 Å². The molecule has 2 amide bonds. The molecule has 3 heteroatoms. The Kier molecular flexibility index (Phi) is 7.62. The van der Waals surface area contributed by atoms with Gasteiger partial charge in [0.25, 0.3) is 0 Å². The van der Waals surface area contributed by atoms with Crippen LogP contribution in [0, 0.1) is 22.7 Å². The molecule has 2 atom stereocenters. The summed E-state index contributed by atoms with van der Waals surface area (Å²) in [6.07, 6.45) is 4.70. The SMILES string of the molecule is CC(CCN1CCN(CCC(C)CC(C)(C)C)C1=O)CC(C)(C)C. The molecule has 0 aliphatic carbocycles. The molecule has 142 valence electrons. The molecule has 2 unspecified atom stereocenters. The number of hydrogen-bond donors (Lipinski definition) is 0. The van der Waals surface area contributed by atoms with Crippen LogP contribution in [0.3, 0.4) is 0 Å². The van der Waals surface area contributed by atoms with E-state index in [1.165, 1.54) is 12.8 Å². The molecule has 0 saturated carbocycles. The molecule has 0 bridgehead atoms. The second-order valence-corrected chi connectivity index (χ2v) is 10.6. The first kappa shape index (κ1) is 21.3. The van der Waals surface area contributed by atoms with Crippen LogP contribution >= 0.6 is 0 Å². The summed E-state index contributed by atoms with van der Waals surface area (Å²) in [4.78, 5) is 16.7. The van der Waals surface area contributed by atoms with Crippen LogP contribution in [0.4, 0.5) is 4.79 Å². The molecular weight excluding hydrogens is 296 g/mol. The first-order valence-electron chi connectivity index (χ1n) is 9.91. The topological polar surface area (TPSA) is 23.6 Å². The fraction of sp³-hybridized carbons (Fsp3) is 0.952. The zero-order chi connectivity index (χ0) is 18.5. The molecule has 1 heterocycles. The van der Waals surface area contributed by atoms with Gasteiger partial charge in [0.2, 0.25) is 0 Å². The van der Waals surface area contributed by atoms with Crippen LogP contribution in [-0.2, 0) is 0 Å². The van der Waals surface area contributed by atoms with Crippen LogP contribution in [-0.4, -0.2) is 42.0 Å². The number of nitrogens with zero attached hydrogens (tertiary/aromatic N) is 2. The number of amides is 2. The van der Waals surface area contributed by atoms with Gasteiger partial charge in [-0.25, -0.2) is 4.79 Å². The highest BCUT2D eigenvalue weighted by Crippen LogP contribution is 2.27. The van der Waals surface area contributed by atoms with Crippen LogP contribution in [0.2, 0.25) is 0 Å². The largest absolute Gasteiger partial charge is 0.323 e. The molecule has 0 aromatic carbocycles. The maximum absolute atomic E-state index is 12.6. The van der Waals surface area contributed by atoms with E-state index in [1.54, 1.807) is 0 Å². The Morgan fingerprint density at radius 1 is 0.792 bits per heavy atom. The van der Waals surface area contributed by atoms with Crippen molar-refractivity contribution in [3.8, 4) is 0 Å². The summed E-state index contributed by atoms with van der Waals surface area (Å²) in [6.45, 7) is 22.1. The van der Waals surface area contributed by atoms with E-state index in [-0.39, 0.29) is 6.03 Å². The lowest BCUT2D eigenvalue weighted by atomic mass is 9.84. The molecule has 1 aliphatic heterocycles. The lowest BCUT2D eigenvalue weighted by Gasteiger charge is -2.26. The van der Waals surface area contributed by atoms with E-state index in [2.05, 4.69) is 65.2 Å². The van der Waals surface area contributed by atoms with E-state index in [0.717, 1.165) is 39.0 Å². The minimum atomic E-state index is 0.265. The van der Waals surface area contributed by atoms with Crippen molar-refractivity contribution in [1.82, 2.24) is 9.80 Å². The molecule has 0 aromatic heterocycles. The van der Waals surface area contributed by atoms with Crippen molar-refractivity contribution in [3.63, 3.8) is 0 Å². The van der Waals surface area contributed by atoms with Gasteiger partial charge in [0.05, 0.1) is 0 Å². The molecule has 1 aliphatic rings. The van der Waals surface area contributed by atoms with Crippen molar-refractivity contribution in [2.24, 2.45) is 22.7 Å². The van der Waals surface area contributed by atoms with Gasteiger partial charge >= 0.3 is 6.03 Å². The fourth-order valence-corrected chi connectivity index (χ4v) is 4.09. The number of hydrogen-bond acceptors (Lipinski definition) is 1. The molecule has 24 heavy (non-hydrogen) atoms. The summed E-state index contributed by atoms with van der Waals surface area (Å²) < 4.78 is 0. The second kappa shape index (κ2) is 8.58. The smallest absolute Gasteiger partial charge is 0.320 e. The first-order chi connectivity index (χ1) is 10.9. The zero-order valence-electron chi connectivity index (χ0n) is 17.6. The van der Waals surface area contributed by atoms with Crippen molar-refractivity contribution >= 4 is 6.03 Å². The Balaban J connectivity index is 2.32. The number of rotatable bonds is 8. The normalized spacial score (nSPS) is 19.1. The van der Waals surface area contributed by atoms with Gasteiger partial charge in [0.15, 0.2) is 0 Å². The highest BCUT2D eigenvalue weighted by Gasteiger charge is 2.29.